The van der Waals surface area contributed by atoms with Gasteiger partial charge in [-0.2, -0.15) is 0 Å². The third-order valence-electron chi connectivity index (χ3n) is 3.58. The monoisotopic (exact) mass is 268 g/mol. The molecular formula is C18H24N2. The Morgan fingerprint density at radius 2 is 1.65 bits per heavy atom. The minimum atomic E-state index is 0.732. The number of benzene rings is 2. The first-order valence-corrected chi connectivity index (χ1v) is 7.27. The largest absolute Gasteiger partial charge is 0.367 e. The van der Waals surface area contributed by atoms with Gasteiger partial charge in [-0.3, -0.25) is 0 Å². The topological polar surface area (TPSA) is 29.3 Å². The summed E-state index contributed by atoms with van der Waals surface area (Å²) >= 11 is 0. The van der Waals surface area contributed by atoms with Crippen molar-refractivity contribution >= 4 is 5.69 Å². The number of hydrogen-bond acceptors (Lipinski definition) is 2. The lowest BCUT2D eigenvalue weighted by molar-refractivity contribution is 0.734. The smallest absolute Gasteiger partial charge is 0.0429 e. The number of aryl methyl sites for hydroxylation is 2. The average Bonchev–Trinajstić information content (AvgIpc) is 2.46. The molecule has 2 nitrogen and oxygen atoms in total. The molecule has 0 unspecified atom stereocenters. The molecule has 0 heterocycles. The van der Waals surface area contributed by atoms with E-state index in [1.54, 1.807) is 0 Å². The molecule has 0 aliphatic heterocycles. The van der Waals surface area contributed by atoms with Crippen LogP contribution >= 0.6 is 0 Å². The van der Waals surface area contributed by atoms with Crippen molar-refractivity contribution < 1.29 is 0 Å². The molecule has 0 radical (unpaired) electrons. The van der Waals surface area contributed by atoms with Crippen molar-refractivity contribution in [3.05, 3.63) is 65.2 Å². The minimum absolute atomic E-state index is 0.732. The van der Waals surface area contributed by atoms with Crippen molar-refractivity contribution in [2.24, 2.45) is 5.73 Å². The van der Waals surface area contributed by atoms with Crippen LogP contribution in [0.15, 0.2) is 48.5 Å². The minimum Gasteiger partial charge on any atom is -0.367 e. The van der Waals surface area contributed by atoms with Gasteiger partial charge in [0.25, 0.3) is 0 Å². The van der Waals surface area contributed by atoms with Gasteiger partial charge in [-0.25, -0.2) is 0 Å². The number of anilines is 1. The molecule has 0 spiro atoms. The Balaban J connectivity index is 2.19. The summed E-state index contributed by atoms with van der Waals surface area (Å²) in [5.74, 6) is 0. The van der Waals surface area contributed by atoms with E-state index in [0.717, 1.165) is 26.1 Å². The summed E-state index contributed by atoms with van der Waals surface area (Å²) in [5.41, 5.74) is 11.0. The summed E-state index contributed by atoms with van der Waals surface area (Å²) in [6, 6.07) is 17.3. The van der Waals surface area contributed by atoms with Gasteiger partial charge < -0.3 is 10.6 Å². The predicted octanol–water partition coefficient (Wildman–Crippen LogP) is 3.66. The average molecular weight is 268 g/mol. The molecule has 0 aliphatic rings. The predicted molar refractivity (Wildman–Crippen MR) is 87.1 cm³/mol. The zero-order chi connectivity index (χ0) is 14.4. The molecule has 0 amide bonds. The normalized spacial score (nSPS) is 10.6. The Morgan fingerprint density at radius 1 is 0.950 bits per heavy atom. The van der Waals surface area contributed by atoms with E-state index in [1.165, 1.54) is 22.4 Å². The van der Waals surface area contributed by atoms with Crippen LogP contribution in [0.5, 0.6) is 0 Å². The van der Waals surface area contributed by atoms with Crippen LogP contribution in [0.25, 0.3) is 0 Å². The number of rotatable bonds is 6. The van der Waals surface area contributed by atoms with Crippen molar-refractivity contribution in [1.82, 2.24) is 0 Å². The Hall–Kier alpha value is -1.80. The SMILES string of the molecule is Cc1ccc(CN(CCCN)c2ccccc2C)cc1. The molecule has 2 aromatic carbocycles. The maximum Gasteiger partial charge on any atom is 0.0429 e. The molecule has 2 heteroatoms. The second-order valence-corrected chi connectivity index (χ2v) is 5.34. The summed E-state index contributed by atoms with van der Waals surface area (Å²) in [6.07, 6.45) is 1.01. The van der Waals surface area contributed by atoms with Gasteiger partial charge in [-0.05, 0) is 44.0 Å². The van der Waals surface area contributed by atoms with Crippen LogP contribution in [-0.4, -0.2) is 13.1 Å². The first kappa shape index (κ1) is 14.6. The molecule has 0 bridgehead atoms. The number of para-hydroxylation sites is 1. The highest BCUT2D eigenvalue weighted by molar-refractivity contribution is 5.53. The van der Waals surface area contributed by atoms with Crippen molar-refractivity contribution in [3.63, 3.8) is 0 Å². The van der Waals surface area contributed by atoms with Gasteiger partial charge in [0.1, 0.15) is 0 Å². The summed E-state index contributed by atoms with van der Waals surface area (Å²) < 4.78 is 0. The molecule has 0 aromatic heterocycles. The van der Waals surface area contributed by atoms with Crippen molar-refractivity contribution in [2.45, 2.75) is 26.8 Å². The Morgan fingerprint density at radius 3 is 2.30 bits per heavy atom. The van der Waals surface area contributed by atoms with Gasteiger partial charge in [0, 0.05) is 18.8 Å². The van der Waals surface area contributed by atoms with Crippen LogP contribution in [0, 0.1) is 13.8 Å². The lowest BCUT2D eigenvalue weighted by Crippen LogP contribution is -2.26. The number of nitrogens with zero attached hydrogens (tertiary/aromatic N) is 1. The quantitative estimate of drug-likeness (QED) is 0.866. The van der Waals surface area contributed by atoms with E-state index >= 15 is 0 Å². The second-order valence-electron chi connectivity index (χ2n) is 5.34. The van der Waals surface area contributed by atoms with Gasteiger partial charge in [0.15, 0.2) is 0 Å². The van der Waals surface area contributed by atoms with Gasteiger partial charge >= 0.3 is 0 Å². The van der Waals surface area contributed by atoms with Crippen molar-refractivity contribution in [3.8, 4) is 0 Å². The lowest BCUT2D eigenvalue weighted by atomic mass is 10.1. The molecule has 0 saturated carbocycles. The fourth-order valence-corrected chi connectivity index (χ4v) is 2.40. The van der Waals surface area contributed by atoms with E-state index in [9.17, 15) is 0 Å². The second kappa shape index (κ2) is 7.11. The first-order chi connectivity index (χ1) is 9.70. The van der Waals surface area contributed by atoms with Crippen molar-refractivity contribution in [1.29, 1.82) is 0 Å². The van der Waals surface area contributed by atoms with Crippen molar-refractivity contribution in [2.75, 3.05) is 18.0 Å². The third kappa shape index (κ3) is 3.84. The molecule has 0 atom stereocenters. The molecule has 106 valence electrons. The van der Waals surface area contributed by atoms with E-state index in [-0.39, 0.29) is 0 Å². The Kier molecular flexibility index (Phi) is 5.19. The molecule has 0 aliphatic carbocycles. The summed E-state index contributed by atoms with van der Waals surface area (Å²) in [7, 11) is 0. The highest BCUT2D eigenvalue weighted by Crippen LogP contribution is 2.22. The summed E-state index contributed by atoms with van der Waals surface area (Å²) in [4.78, 5) is 2.42. The molecule has 0 saturated heterocycles. The van der Waals surface area contributed by atoms with Crippen LogP contribution < -0.4 is 10.6 Å². The standard InChI is InChI=1S/C18H24N2/c1-15-8-10-17(11-9-15)14-20(13-5-12-19)18-7-4-3-6-16(18)2/h3-4,6-11H,5,12-14,19H2,1-2H3. The van der Waals surface area contributed by atoms with E-state index < -0.39 is 0 Å². The number of hydrogen-bond donors (Lipinski definition) is 1. The van der Waals surface area contributed by atoms with Gasteiger partial charge in [-0.1, -0.05) is 48.0 Å². The highest BCUT2D eigenvalue weighted by Gasteiger charge is 2.09. The fourth-order valence-electron chi connectivity index (χ4n) is 2.40. The summed E-state index contributed by atoms with van der Waals surface area (Å²) in [6.45, 7) is 6.95. The maximum atomic E-state index is 5.68. The lowest BCUT2D eigenvalue weighted by Gasteiger charge is -2.26. The van der Waals surface area contributed by atoms with E-state index in [1.807, 2.05) is 0 Å². The van der Waals surface area contributed by atoms with Crippen LogP contribution in [0.1, 0.15) is 23.1 Å². The first-order valence-electron chi connectivity index (χ1n) is 7.27. The molecule has 2 N–H and O–H groups in total. The Bertz CT molecular complexity index is 531. The zero-order valence-corrected chi connectivity index (χ0v) is 12.5. The molecular weight excluding hydrogens is 244 g/mol. The van der Waals surface area contributed by atoms with E-state index in [2.05, 4.69) is 67.3 Å². The Labute approximate surface area is 122 Å². The van der Waals surface area contributed by atoms with Crippen LogP contribution in [0.4, 0.5) is 5.69 Å². The molecule has 2 rings (SSSR count). The van der Waals surface area contributed by atoms with Gasteiger partial charge in [-0.15, -0.1) is 0 Å². The molecule has 20 heavy (non-hydrogen) atoms. The summed E-state index contributed by atoms with van der Waals surface area (Å²) in [5, 5.41) is 0. The molecule has 0 fully saturated rings. The molecule has 2 aromatic rings. The van der Waals surface area contributed by atoms with Crippen LogP contribution in [-0.2, 0) is 6.54 Å². The fraction of sp³-hybridized carbons (Fsp3) is 0.333. The van der Waals surface area contributed by atoms with E-state index in [4.69, 9.17) is 5.73 Å². The van der Waals surface area contributed by atoms with Crippen LogP contribution in [0.3, 0.4) is 0 Å². The maximum absolute atomic E-state index is 5.68. The highest BCUT2D eigenvalue weighted by atomic mass is 15.1. The van der Waals surface area contributed by atoms with Gasteiger partial charge in [0.2, 0.25) is 0 Å². The van der Waals surface area contributed by atoms with Crippen LogP contribution in [0.2, 0.25) is 0 Å². The number of nitrogens with two attached hydrogens (primary N) is 1. The third-order valence-corrected chi connectivity index (χ3v) is 3.58. The van der Waals surface area contributed by atoms with Gasteiger partial charge in [0.05, 0.1) is 0 Å². The van der Waals surface area contributed by atoms with E-state index in [0.29, 0.717) is 0 Å². The zero-order valence-electron chi connectivity index (χ0n) is 12.5.